The summed E-state index contributed by atoms with van der Waals surface area (Å²) >= 11 is 0. The molecule has 1 saturated heterocycles. The van der Waals surface area contributed by atoms with Crippen LogP contribution in [0, 0.1) is 0 Å². The molecule has 0 radical (unpaired) electrons. The third-order valence-corrected chi connectivity index (χ3v) is 3.76. The van der Waals surface area contributed by atoms with Crippen LogP contribution in [0.3, 0.4) is 0 Å². The molecule has 4 rings (SSSR count). The Labute approximate surface area is 122 Å². The summed E-state index contributed by atoms with van der Waals surface area (Å²) < 4.78 is 5.41. The number of ether oxygens (including phenoxy) is 1. The van der Waals surface area contributed by atoms with Crippen LogP contribution in [-0.4, -0.2) is 66.4 Å². The van der Waals surface area contributed by atoms with E-state index >= 15 is 0 Å². The Morgan fingerprint density at radius 1 is 1.23 bits per heavy atom. The van der Waals surface area contributed by atoms with Crippen LogP contribution in [0.2, 0.25) is 0 Å². The highest BCUT2D eigenvalue weighted by molar-refractivity contribution is 5.86. The third kappa shape index (κ3) is 1.85. The maximum atomic E-state index is 11.7. The first kappa shape index (κ1) is 13.4. The minimum Gasteiger partial charge on any atom is -0.388 e. The lowest BCUT2D eigenvalue weighted by molar-refractivity contribution is -0.184. The van der Waals surface area contributed by atoms with Crippen LogP contribution in [-0.2, 0) is 4.74 Å². The van der Waals surface area contributed by atoms with Crippen molar-refractivity contribution in [2.75, 3.05) is 11.5 Å². The third-order valence-electron chi connectivity index (χ3n) is 3.76. The van der Waals surface area contributed by atoms with Gasteiger partial charge in [-0.1, -0.05) is 0 Å². The first-order chi connectivity index (χ1) is 10.5. The number of H-pyrrole nitrogens is 2. The largest absolute Gasteiger partial charge is 0.388 e. The second-order valence-corrected chi connectivity index (χ2v) is 5.21. The molecule has 2 bridgehead atoms. The average Bonchev–Trinajstić information content (AvgIpc) is 2.80. The summed E-state index contributed by atoms with van der Waals surface area (Å²) in [6.07, 6.45) is -1.73. The molecule has 10 nitrogen and oxygen atoms in total. The number of hydrogen-bond donors (Lipinski definition) is 5. The van der Waals surface area contributed by atoms with E-state index < -0.39 is 30.2 Å². The molecule has 10 heteroatoms. The number of aliphatic hydroxyl groups excluding tert-OH is 3. The predicted molar refractivity (Wildman–Crippen MR) is 73.8 cm³/mol. The van der Waals surface area contributed by atoms with Crippen LogP contribution < -0.4 is 10.6 Å². The van der Waals surface area contributed by atoms with Crippen molar-refractivity contribution in [2.24, 2.45) is 0 Å². The first-order valence-corrected chi connectivity index (χ1v) is 6.67. The molecule has 4 atom stereocenters. The number of fused-ring (bicyclic) bond motifs is 1. The van der Waals surface area contributed by atoms with Crippen LogP contribution in [0.15, 0.2) is 11.0 Å². The summed E-state index contributed by atoms with van der Waals surface area (Å²) in [4.78, 5) is 26.7. The smallest absolute Gasteiger partial charge is 0.348 e. The van der Waals surface area contributed by atoms with Gasteiger partial charge in [0.1, 0.15) is 35.3 Å². The van der Waals surface area contributed by atoms with Gasteiger partial charge in [0.05, 0.1) is 6.61 Å². The number of aliphatic hydroxyl groups is 3. The summed E-state index contributed by atoms with van der Waals surface area (Å²) in [5.74, 6) is 0.705. The summed E-state index contributed by atoms with van der Waals surface area (Å²) in [6, 6.07) is 0. The number of aromatic nitrogens is 4. The van der Waals surface area contributed by atoms with E-state index in [1.54, 1.807) is 12.3 Å². The molecule has 4 heterocycles. The fourth-order valence-corrected chi connectivity index (χ4v) is 2.65. The molecule has 0 saturated carbocycles. The van der Waals surface area contributed by atoms with Gasteiger partial charge in [-0.2, -0.15) is 4.98 Å². The Balaban J connectivity index is 1.82. The van der Waals surface area contributed by atoms with E-state index in [-0.39, 0.29) is 12.4 Å². The van der Waals surface area contributed by atoms with E-state index in [1.165, 1.54) is 4.90 Å². The number of hydrogen-bond acceptors (Lipinski definition) is 8. The van der Waals surface area contributed by atoms with Crippen molar-refractivity contribution in [3.8, 4) is 0 Å². The zero-order valence-electron chi connectivity index (χ0n) is 11.2. The standard InChI is InChI=1S/C12H13N5O5/c18-4-3-22-11(8(20)7(4)19)17-2-1-5-13-6-9(14-5)15-12(21)16-10(6)17/h1-2,4,7-8,11,18-20H,3H2,(H2,13,14,15,16,21)/t4-,7-,8+,11?/m1/s1. The Bertz CT molecular complexity index is 814. The van der Waals surface area contributed by atoms with Gasteiger partial charge in [-0.3, -0.25) is 4.98 Å². The Morgan fingerprint density at radius 3 is 2.86 bits per heavy atom. The Hall–Kier alpha value is -2.27. The molecule has 1 unspecified atom stereocenters. The number of anilines is 1. The average molecular weight is 307 g/mol. The highest BCUT2D eigenvalue weighted by atomic mass is 16.5. The van der Waals surface area contributed by atoms with E-state index in [1.807, 2.05) is 0 Å². The summed E-state index contributed by atoms with van der Waals surface area (Å²) in [7, 11) is 0. The summed E-state index contributed by atoms with van der Waals surface area (Å²) in [5.41, 5.74) is 0.241. The lowest BCUT2D eigenvalue weighted by Crippen LogP contribution is -2.58. The van der Waals surface area contributed by atoms with Gasteiger partial charge in [-0.15, -0.1) is 0 Å². The van der Waals surface area contributed by atoms with Crippen LogP contribution >= 0.6 is 0 Å². The van der Waals surface area contributed by atoms with Gasteiger partial charge in [-0.25, -0.2) is 9.78 Å². The fourth-order valence-electron chi connectivity index (χ4n) is 2.65. The lowest BCUT2D eigenvalue weighted by atomic mass is 10.0. The maximum absolute atomic E-state index is 11.7. The molecule has 116 valence electrons. The van der Waals surface area contributed by atoms with Crippen LogP contribution in [0.1, 0.15) is 5.82 Å². The van der Waals surface area contributed by atoms with Crippen molar-refractivity contribution in [1.29, 1.82) is 0 Å². The Morgan fingerprint density at radius 2 is 2.05 bits per heavy atom. The van der Waals surface area contributed by atoms with Gasteiger partial charge in [0, 0.05) is 6.20 Å². The van der Waals surface area contributed by atoms with Gasteiger partial charge < -0.3 is 29.9 Å². The maximum Gasteiger partial charge on any atom is 0.348 e. The number of rotatable bonds is 1. The van der Waals surface area contributed by atoms with Crippen molar-refractivity contribution in [1.82, 2.24) is 19.9 Å². The normalized spacial score (nSPS) is 31.0. The SMILES string of the molecule is O=c1nc2c3nc([nH]c3[nH]1)C=CN2C1OC[C@@H](O)[C@@H](O)[C@@H]1O. The molecule has 1 fully saturated rings. The zero-order valence-corrected chi connectivity index (χ0v) is 11.2. The van der Waals surface area contributed by atoms with E-state index in [4.69, 9.17) is 4.74 Å². The molecular weight excluding hydrogens is 294 g/mol. The minimum atomic E-state index is -1.38. The predicted octanol–water partition coefficient (Wildman–Crippen LogP) is -2.12. The van der Waals surface area contributed by atoms with Crippen molar-refractivity contribution in [2.45, 2.75) is 24.5 Å². The molecule has 0 amide bonds. The second kappa shape index (κ2) is 4.61. The molecule has 2 aliphatic heterocycles. The van der Waals surface area contributed by atoms with Crippen LogP contribution in [0.25, 0.3) is 17.2 Å². The van der Waals surface area contributed by atoms with Gasteiger partial charge in [0.25, 0.3) is 0 Å². The van der Waals surface area contributed by atoms with Gasteiger partial charge in [0.15, 0.2) is 12.0 Å². The minimum absolute atomic E-state index is 0.148. The van der Waals surface area contributed by atoms with Crippen molar-refractivity contribution in [3.05, 3.63) is 22.5 Å². The van der Waals surface area contributed by atoms with E-state index in [0.29, 0.717) is 17.0 Å². The van der Waals surface area contributed by atoms with Crippen molar-refractivity contribution >= 4 is 23.1 Å². The van der Waals surface area contributed by atoms with Gasteiger partial charge >= 0.3 is 5.69 Å². The van der Waals surface area contributed by atoms with Gasteiger partial charge in [-0.05, 0) is 6.08 Å². The van der Waals surface area contributed by atoms with Gasteiger partial charge in [0.2, 0.25) is 0 Å². The second-order valence-electron chi connectivity index (χ2n) is 5.21. The fraction of sp³-hybridized carbons (Fsp3) is 0.417. The molecule has 22 heavy (non-hydrogen) atoms. The number of nitrogens with one attached hydrogen (secondary N) is 2. The molecule has 0 spiro atoms. The van der Waals surface area contributed by atoms with Crippen LogP contribution in [0.4, 0.5) is 5.82 Å². The number of aromatic amines is 2. The monoisotopic (exact) mass is 307 g/mol. The zero-order chi connectivity index (χ0) is 15.4. The first-order valence-electron chi connectivity index (χ1n) is 6.67. The van der Waals surface area contributed by atoms with Crippen molar-refractivity contribution < 1.29 is 20.1 Å². The Kier molecular flexibility index (Phi) is 2.81. The summed E-state index contributed by atoms with van der Waals surface area (Å²) in [6.45, 7) is -0.148. The lowest BCUT2D eigenvalue weighted by Gasteiger charge is -2.40. The van der Waals surface area contributed by atoms with Crippen molar-refractivity contribution in [3.63, 3.8) is 0 Å². The molecule has 5 N–H and O–H groups in total. The van der Waals surface area contributed by atoms with Crippen LogP contribution in [0.5, 0.6) is 0 Å². The van der Waals surface area contributed by atoms with E-state index in [9.17, 15) is 20.1 Å². The van der Waals surface area contributed by atoms with E-state index in [2.05, 4.69) is 19.9 Å². The molecule has 2 aliphatic rings. The van der Waals surface area contributed by atoms with E-state index in [0.717, 1.165) is 0 Å². The molecule has 0 aliphatic carbocycles. The molecule has 2 aromatic rings. The quantitative estimate of drug-likeness (QED) is 0.401. The molecular formula is C12H13N5O5. The number of imidazole rings is 1. The topological polar surface area (TPSA) is 148 Å². The molecule has 2 aromatic heterocycles. The highest BCUT2D eigenvalue weighted by Crippen LogP contribution is 2.29. The summed E-state index contributed by atoms with van der Waals surface area (Å²) in [5, 5.41) is 29.5. The highest BCUT2D eigenvalue weighted by Gasteiger charge is 2.41. The molecule has 0 aromatic carbocycles. The number of nitrogens with zero attached hydrogens (tertiary/aromatic N) is 3.